The smallest absolute Gasteiger partial charge is 0.220 e. The molecular weight excluding hydrogens is 302 g/mol. The SMILES string of the molecule is Cc1cc(CC2(CC(C)C)CCC(=O)N2)ccc1Br. The van der Waals surface area contributed by atoms with Crippen LogP contribution < -0.4 is 5.32 Å². The molecule has 3 heteroatoms. The van der Waals surface area contributed by atoms with E-state index in [1.54, 1.807) is 0 Å². The summed E-state index contributed by atoms with van der Waals surface area (Å²) >= 11 is 3.54. The van der Waals surface area contributed by atoms with E-state index >= 15 is 0 Å². The first-order valence-electron chi connectivity index (χ1n) is 6.96. The number of amides is 1. The van der Waals surface area contributed by atoms with E-state index in [0.717, 1.165) is 23.7 Å². The van der Waals surface area contributed by atoms with Gasteiger partial charge in [-0.15, -0.1) is 0 Å². The third-order valence-electron chi connectivity index (χ3n) is 3.80. The molecule has 1 aromatic carbocycles. The Kier molecular flexibility index (Phi) is 4.34. The highest BCUT2D eigenvalue weighted by Crippen LogP contribution is 2.32. The number of carbonyl (C=O) groups is 1. The van der Waals surface area contributed by atoms with Gasteiger partial charge in [-0.25, -0.2) is 0 Å². The van der Waals surface area contributed by atoms with Crippen molar-refractivity contribution in [1.29, 1.82) is 0 Å². The van der Waals surface area contributed by atoms with Crippen LogP contribution in [0.2, 0.25) is 0 Å². The summed E-state index contributed by atoms with van der Waals surface area (Å²) in [4.78, 5) is 11.6. The van der Waals surface area contributed by atoms with Gasteiger partial charge >= 0.3 is 0 Å². The molecule has 2 rings (SSSR count). The van der Waals surface area contributed by atoms with Crippen LogP contribution in [-0.2, 0) is 11.2 Å². The van der Waals surface area contributed by atoms with E-state index in [0.29, 0.717) is 12.3 Å². The summed E-state index contributed by atoms with van der Waals surface area (Å²) < 4.78 is 1.14. The van der Waals surface area contributed by atoms with Gasteiger partial charge in [-0.1, -0.05) is 41.9 Å². The number of carbonyl (C=O) groups excluding carboxylic acids is 1. The van der Waals surface area contributed by atoms with Gasteiger partial charge in [-0.3, -0.25) is 4.79 Å². The lowest BCUT2D eigenvalue weighted by Gasteiger charge is -2.31. The Morgan fingerprint density at radius 2 is 2.16 bits per heavy atom. The Labute approximate surface area is 124 Å². The molecule has 0 radical (unpaired) electrons. The molecule has 1 aliphatic heterocycles. The first-order valence-corrected chi connectivity index (χ1v) is 7.75. The molecular formula is C16H22BrNO. The number of hydrogen-bond acceptors (Lipinski definition) is 1. The van der Waals surface area contributed by atoms with Gasteiger partial charge in [-0.05, 0) is 49.3 Å². The summed E-state index contributed by atoms with van der Waals surface area (Å²) in [5.41, 5.74) is 2.52. The monoisotopic (exact) mass is 323 g/mol. The molecule has 1 amide bonds. The molecule has 0 spiro atoms. The average molecular weight is 324 g/mol. The first-order chi connectivity index (χ1) is 8.90. The molecule has 0 aliphatic carbocycles. The maximum absolute atomic E-state index is 11.6. The third kappa shape index (κ3) is 3.59. The fraction of sp³-hybridized carbons (Fsp3) is 0.562. The minimum absolute atomic E-state index is 0.0362. The summed E-state index contributed by atoms with van der Waals surface area (Å²) in [6.45, 7) is 6.55. The van der Waals surface area contributed by atoms with E-state index < -0.39 is 0 Å². The highest BCUT2D eigenvalue weighted by atomic mass is 79.9. The number of halogens is 1. The third-order valence-corrected chi connectivity index (χ3v) is 4.69. The highest BCUT2D eigenvalue weighted by molar-refractivity contribution is 9.10. The van der Waals surface area contributed by atoms with Gasteiger partial charge in [0.2, 0.25) is 5.91 Å². The van der Waals surface area contributed by atoms with Crippen LogP contribution in [0.5, 0.6) is 0 Å². The molecule has 1 atom stereocenters. The standard InChI is InChI=1S/C16H22BrNO/c1-11(2)9-16(7-6-15(19)18-16)10-13-4-5-14(17)12(3)8-13/h4-5,8,11H,6-7,9-10H2,1-3H3,(H,18,19). The Morgan fingerprint density at radius 1 is 1.42 bits per heavy atom. The zero-order valence-electron chi connectivity index (χ0n) is 11.9. The fourth-order valence-corrected chi connectivity index (χ4v) is 3.37. The van der Waals surface area contributed by atoms with Gasteiger partial charge in [0.05, 0.1) is 0 Å². The molecule has 0 bridgehead atoms. The molecule has 0 aromatic heterocycles. The molecule has 0 saturated carbocycles. The lowest BCUT2D eigenvalue weighted by molar-refractivity contribution is -0.119. The van der Waals surface area contributed by atoms with E-state index in [9.17, 15) is 4.79 Å². The molecule has 104 valence electrons. The van der Waals surface area contributed by atoms with Crippen molar-refractivity contribution >= 4 is 21.8 Å². The Morgan fingerprint density at radius 3 is 2.68 bits per heavy atom. The molecule has 1 fully saturated rings. The molecule has 1 N–H and O–H groups in total. The predicted octanol–water partition coefficient (Wildman–Crippen LogP) is 3.99. The number of benzene rings is 1. The van der Waals surface area contributed by atoms with Gasteiger partial charge < -0.3 is 5.32 Å². The van der Waals surface area contributed by atoms with Crippen LogP contribution >= 0.6 is 15.9 Å². The van der Waals surface area contributed by atoms with Crippen molar-refractivity contribution in [1.82, 2.24) is 5.32 Å². The summed E-state index contributed by atoms with van der Waals surface area (Å²) in [6.07, 6.45) is 3.61. The number of hydrogen-bond donors (Lipinski definition) is 1. The molecule has 1 aromatic rings. The molecule has 1 heterocycles. The van der Waals surface area contributed by atoms with Crippen molar-refractivity contribution in [2.45, 2.75) is 52.0 Å². The second kappa shape index (κ2) is 5.66. The van der Waals surface area contributed by atoms with E-state index in [1.807, 2.05) is 0 Å². The van der Waals surface area contributed by atoms with E-state index in [4.69, 9.17) is 0 Å². The zero-order chi connectivity index (χ0) is 14.0. The minimum atomic E-state index is -0.0362. The largest absolute Gasteiger partial charge is 0.350 e. The number of rotatable bonds is 4. The fourth-order valence-electron chi connectivity index (χ4n) is 3.12. The number of nitrogens with one attached hydrogen (secondary N) is 1. The molecule has 19 heavy (non-hydrogen) atoms. The topological polar surface area (TPSA) is 29.1 Å². The van der Waals surface area contributed by atoms with Crippen LogP contribution in [-0.4, -0.2) is 11.4 Å². The van der Waals surface area contributed by atoms with Gasteiger partial charge in [0.1, 0.15) is 0 Å². The first kappa shape index (κ1) is 14.6. The minimum Gasteiger partial charge on any atom is -0.350 e. The number of aryl methyl sites for hydroxylation is 1. The van der Waals surface area contributed by atoms with Crippen molar-refractivity contribution < 1.29 is 4.79 Å². The normalized spacial score (nSPS) is 22.9. The Bertz CT molecular complexity index is 484. The van der Waals surface area contributed by atoms with Gasteiger partial charge in [0.25, 0.3) is 0 Å². The van der Waals surface area contributed by atoms with E-state index in [1.165, 1.54) is 11.1 Å². The van der Waals surface area contributed by atoms with E-state index in [-0.39, 0.29) is 11.4 Å². The van der Waals surface area contributed by atoms with Crippen molar-refractivity contribution in [3.63, 3.8) is 0 Å². The van der Waals surface area contributed by atoms with Crippen LogP contribution in [0.3, 0.4) is 0 Å². The highest BCUT2D eigenvalue weighted by Gasteiger charge is 2.38. The van der Waals surface area contributed by atoms with Crippen LogP contribution in [0, 0.1) is 12.8 Å². The van der Waals surface area contributed by atoms with Gasteiger partial charge in [-0.2, -0.15) is 0 Å². The summed E-state index contributed by atoms with van der Waals surface area (Å²) in [5.74, 6) is 0.796. The summed E-state index contributed by atoms with van der Waals surface area (Å²) in [5, 5.41) is 3.23. The van der Waals surface area contributed by atoms with Crippen molar-refractivity contribution in [2.24, 2.45) is 5.92 Å². The molecule has 1 unspecified atom stereocenters. The summed E-state index contributed by atoms with van der Waals surface area (Å²) in [6, 6.07) is 6.48. The molecule has 1 saturated heterocycles. The van der Waals surface area contributed by atoms with Gasteiger partial charge in [0, 0.05) is 16.4 Å². The van der Waals surface area contributed by atoms with Crippen LogP contribution in [0.4, 0.5) is 0 Å². The maximum Gasteiger partial charge on any atom is 0.220 e. The molecule has 1 aliphatic rings. The zero-order valence-corrected chi connectivity index (χ0v) is 13.5. The molecule has 2 nitrogen and oxygen atoms in total. The van der Waals surface area contributed by atoms with Crippen LogP contribution in [0.15, 0.2) is 22.7 Å². The average Bonchev–Trinajstić information content (AvgIpc) is 2.64. The van der Waals surface area contributed by atoms with Crippen molar-refractivity contribution in [2.75, 3.05) is 0 Å². The van der Waals surface area contributed by atoms with Gasteiger partial charge in [0.15, 0.2) is 0 Å². The second-order valence-corrected chi connectivity index (χ2v) is 7.04. The lowest BCUT2D eigenvalue weighted by atomic mass is 9.82. The van der Waals surface area contributed by atoms with E-state index in [2.05, 4.69) is 60.2 Å². The Hall–Kier alpha value is -0.830. The van der Waals surface area contributed by atoms with Crippen LogP contribution in [0.25, 0.3) is 0 Å². The quantitative estimate of drug-likeness (QED) is 0.891. The Balaban J connectivity index is 2.20. The van der Waals surface area contributed by atoms with Crippen LogP contribution in [0.1, 0.15) is 44.2 Å². The van der Waals surface area contributed by atoms with Crippen molar-refractivity contribution in [3.8, 4) is 0 Å². The van der Waals surface area contributed by atoms with Crippen molar-refractivity contribution in [3.05, 3.63) is 33.8 Å². The maximum atomic E-state index is 11.6. The predicted molar refractivity (Wildman–Crippen MR) is 82.1 cm³/mol. The lowest BCUT2D eigenvalue weighted by Crippen LogP contribution is -2.44. The second-order valence-electron chi connectivity index (χ2n) is 6.19. The summed E-state index contributed by atoms with van der Waals surface area (Å²) in [7, 11) is 0.